The van der Waals surface area contributed by atoms with Crippen molar-refractivity contribution >= 4 is 17.8 Å². The van der Waals surface area contributed by atoms with Crippen molar-refractivity contribution < 1.29 is 24.2 Å². The van der Waals surface area contributed by atoms with Crippen LogP contribution in [-0.2, 0) is 14.3 Å². The molecule has 1 unspecified atom stereocenters. The van der Waals surface area contributed by atoms with Crippen LogP contribution in [0.4, 0.5) is 4.79 Å². The van der Waals surface area contributed by atoms with Gasteiger partial charge >= 0.3 is 12.1 Å². The van der Waals surface area contributed by atoms with Crippen molar-refractivity contribution in [3.63, 3.8) is 0 Å². The molecule has 0 saturated heterocycles. The second-order valence-corrected chi connectivity index (χ2v) is 5.52. The number of hydrogen-bond acceptors (Lipinski definition) is 5. The van der Waals surface area contributed by atoms with Crippen molar-refractivity contribution in [3.05, 3.63) is 24.4 Å². The van der Waals surface area contributed by atoms with Gasteiger partial charge in [-0.25, -0.2) is 9.59 Å². The summed E-state index contributed by atoms with van der Waals surface area (Å²) in [6.07, 6.45) is 2.56. The Morgan fingerprint density at radius 2 is 2.18 bits per heavy atom. The van der Waals surface area contributed by atoms with E-state index in [-0.39, 0.29) is 31.4 Å². The second-order valence-electron chi connectivity index (χ2n) is 5.52. The molecule has 0 aromatic heterocycles. The van der Waals surface area contributed by atoms with Crippen LogP contribution in [0.25, 0.3) is 0 Å². The number of amides is 1. The van der Waals surface area contributed by atoms with Crippen LogP contribution in [0.5, 0.6) is 0 Å². The Bertz CT molecular complexity index is 484. The van der Waals surface area contributed by atoms with Crippen molar-refractivity contribution in [1.29, 1.82) is 0 Å². The van der Waals surface area contributed by atoms with Gasteiger partial charge in [-0.1, -0.05) is 26.5 Å². The zero-order valence-corrected chi connectivity index (χ0v) is 12.9. The molecular weight excluding hydrogens is 288 g/mol. The number of carboxylic acid groups (broad SMARTS) is 1. The standard InChI is InChI=1S/C15H22N2O5/c1-4-5-22-15(21)17-8-11(7-12(18)9-17)16-13(14(19)20)6-10(2)3/h4,7,10,13,16H,1,5-6,8-9H2,2-3H3,(H,19,20). The molecule has 1 aliphatic rings. The van der Waals surface area contributed by atoms with Crippen LogP contribution < -0.4 is 5.32 Å². The maximum atomic E-state index is 11.8. The van der Waals surface area contributed by atoms with Gasteiger partial charge in [0, 0.05) is 11.8 Å². The lowest BCUT2D eigenvalue weighted by atomic mass is 10.0. The van der Waals surface area contributed by atoms with Gasteiger partial charge in [0.25, 0.3) is 0 Å². The topological polar surface area (TPSA) is 95.9 Å². The summed E-state index contributed by atoms with van der Waals surface area (Å²) >= 11 is 0. The van der Waals surface area contributed by atoms with E-state index in [4.69, 9.17) is 4.74 Å². The molecule has 0 spiro atoms. The predicted octanol–water partition coefficient (Wildman–Crippen LogP) is 1.17. The average molecular weight is 310 g/mol. The molecule has 122 valence electrons. The van der Waals surface area contributed by atoms with Crippen molar-refractivity contribution in [2.45, 2.75) is 26.3 Å². The first-order chi connectivity index (χ1) is 10.3. The summed E-state index contributed by atoms with van der Waals surface area (Å²) in [6, 6.07) is -0.803. The van der Waals surface area contributed by atoms with Gasteiger partial charge in [0.15, 0.2) is 5.78 Å². The number of rotatable bonds is 7. The van der Waals surface area contributed by atoms with Crippen LogP contribution >= 0.6 is 0 Å². The molecule has 22 heavy (non-hydrogen) atoms. The molecule has 1 rings (SSSR count). The van der Waals surface area contributed by atoms with Crippen LogP contribution in [0.15, 0.2) is 24.4 Å². The molecule has 0 bridgehead atoms. The highest BCUT2D eigenvalue weighted by Crippen LogP contribution is 2.11. The molecule has 2 N–H and O–H groups in total. The molecule has 0 saturated carbocycles. The van der Waals surface area contributed by atoms with E-state index in [0.29, 0.717) is 12.1 Å². The highest BCUT2D eigenvalue weighted by molar-refractivity contribution is 5.95. The summed E-state index contributed by atoms with van der Waals surface area (Å²) in [5.74, 6) is -1.09. The van der Waals surface area contributed by atoms with Gasteiger partial charge in [0.2, 0.25) is 0 Å². The van der Waals surface area contributed by atoms with E-state index in [1.54, 1.807) is 0 Å². The number of nitrogens with one attached hydrogen (secondary N) is 1. The molecule has 7 nitrogen and oxygen atoms in total. The molecule has 7 heteroatoms. The van der Waals surface area contributed by atoms with E-state index in [0.717, 1.165) is 0 Å². The van der Waals surface area contributed by atoms with Crippen LogP contribution in [-0.4, -0.2) is 53.6 Å². The maximum Gasteiger partial charge on any atom is 0.410 e. The summed E-state index contributed by atoms with van der Waals surface area (Å²) in [4.78, 5) is 36.0. The van der Waals surface area contributed by atoms with E-state index >= 15 is 0 Å². The summed E-state index contributed by atoms with van der Waals surface area (Å²) in [5, 5.41) is 12.0. The Labute approximate surface area is 129 Å². The van der Waals surface area contributed by atoms with E-state index in [2.05, 4.69) is 11.9 Å². The molecule has 0 aliphatic carbocycles. The average Bonchev–Trinajstić information content (AvgIpc) is 2.42. The molecule has 0 aromatic rings. The lowest BCUT2D eigenvalue weighted by Gasteiger charge is -2.28. The number of carbonyl (C=O) groups is 3. The Hall–Kier alpha value is -2.31. The Morgan fingerprint density at radius 3 is 2.73 bits per heavy atom. The third-order valence-electron chi connectivity index (χ3n) is 2.99. The first kappa shape index (κ1) is 17.7. The molecule has 1 atom stereocenters. The second kappa shape index (κ2) is 8.21. The van der Waals surface area contributed by atoms with E-state index in [1.807, 2.05) is 13.8 Å². The van der Waals surface area contributed by atoms with Crippen LogP contribution in [0, 0.1) is 5.92 Å². The van der Waals surface area contributed by atoms with Crippen LogP contribution in [0.3, 0.4) is 0 Å². The smallest absolute Gasteiger partial charge is 0.410 e. The minimum Gasteiger partial charge on any atom is -0.480 e. The number of hydrogen-bond donors (Lipinski definition) is 2. The van der Waals surface area contributed by atoms with Crippen LogP contribution in [0.1, 0.15) is 20.3 Å². The fourth-order valence-electron chi connectivity index (χ4n) is 2.09. The minimum absolute atomic E-state index is 0.0566. The van der Waals surface area contributed by atoms with E-state index in [1.165, 1.54) is 17.1 Å². The van der Waals surface area contributed by atoms with Crippen molar-refractivity contribution in [2.24, 2.45) is 5.92 Å². The Morgan fingerprint density at radius 1 is 1.50 bits per heavy atom. The third kappa shape index (κ3) is 5.59. The van der Waals surface area contributed by atoms with Gasteiger partial charge in [-0.3, -0.25) is 9.69 Å². The number of carboxylic acids is 1. The largest absolute Gasteiger partial charge is 0.480 e. The lowest BCUT2D eigenvalue weighted by Crippen LogP contribution is -2.46. The number of nitrogens with zero attached hydrogens (tertiary/aromatic N) is 1. The van der Waals surface area contributed by atoms with E-state index in [9.17, 15) is 19.5 Å². The Kier molecular flexibility index (Phi) is 6.62. The zero-order chi connectivity index (χ0) is 16.7. The first-order valence-corrected chi connectivity index (χ1v) is 7.08. The number of carbonyl (C=O) groups excluding carboxylic acids is 2. The molecule has 1 heterocycles. The summed E-state index contributed by atoms with van der Waals surface area (Å²) < 4.78 is 4.89. The maximum absolute atomic E-state index is 11.8. The number of ether oxygens (including phenoxy) is 1. The summed E-state index contributed by atoms with van der Waals surface area (Å²) in [7, 11) is 0. The van der Waals surface area contributed by atoms with Crippen LogP contribution in [0.2, 0.25) is 0 Å². The van der Waals surface area contributed by atoms with E-state index < -0.39 is 18.1 Å². The number of aliphatic carboxylic acids is 1. The predicted molar refractivity (Wildman–Crippen MR) is 80.2 cm³/mol. The molecule has 0 fully saturated rings. The summed E-state index contributed by atoms with van der Waals surface area (Å²) in [5.41, 5.74) is 0.403. The first-order valence-electron chi connectivity index (χ1n) is 7.08. The fraction of sp³-hybridized carbons (Fsp3) is 0.533. The third-order valence-corrected chi connectivity index (χ3v) is 2.99. The summed E-state index contributed by atoms with van der Waals surface area (Å²) in [6.45, 7) is 7.36. The fourth-order valence-corrected chi connectivity index (χ4v) is 2.09. The van der Waals surface area contributed by atoms with Gasteiger partial charge < -0.3 is 15.2 Å². The zero-order valence-electron chi connectivity index (χ0n) is 12.9. The normalized spacial score (nSPS) is 16.0. The van der Waals surface area contributed by atoms with Crippen molar-refractivity contribution in [3.8, 4) is 0 Å². The molecule has 1 amide bonds. The van der Waals surface area contributed by atoms with Gasteiger partial charge in [-0.05, 0) is 12.3 Å². The molecular formula is C15H22N2O5. The molecule has 1 aliphatic heterocycles. The van der Waals surface area contributed by atoms with Gasteiger partial charge in [0.1, 0.15) is 12.6 Å². The number of ketones is 1. The van der Waals surface area contributed by atoms with Crippen molar-refractivity contribution in [1.82, 2.24) is 10.2 Å². The Balaban J connectivity index is 2.73. The molecule has 0 radical (unpaired) electrons. The molecule has 0 aromatic carbocycles. The highest BCUT2D eigenvalue weighted by Gasteiger charge is 2.27. The minimum atomic E-state index is -0.992. The SMILES string of the molecule is C=CCOC(=O)N1CC(=O)C=C(NC(CC(C)C)C(=O)O)C1. The van der Waals surface area contributed by atoms with Crippen molar-refractivity contribution in [2.75, 3.05) is 19.7 Å². The monoisotopic (exact) mass is 310 g/mol. The lowest BCUT2D eigenvalue weighted by molar-refractivity contribution is -0.139. The van der Waals surface area contributed by atoms with Gasteiger partial charge in [-0.2, -0.15) is 0 Å². The van der Waals surface area contributed by atoms with Gasteiger partial charge in [-0.15, -0.1) is 0 Å². The highest BCUT2D eigenvalue weighted by atomic mass is 16.6. The quantitative estimate of drug-likeness (QED) is 0.685. The van der Waals surface area contributed by atoms with Gasteiger partial charge in [0.05, 0.1) is 13.1 Å².